The Hall–Kier alpha value is -4.45. The van der Waals surface area contributed by atoms with E-state index in [0.717, 1.165) is 55.2 Å². The zero-order valence-corrected chi connectivity index (χ0v) is 31.7. The highest BCUT2D eigenvalue weighted by Gasteiger charge is 2.45. The highest BCUT2D eigenvalue weighted by molar-refractivity contribution is 7.12. The Bertz CT molecular complexity index is 1990. The topological polar surface area (TPSA) is 169 Å². The Labute approximate surface area is 319 Å². The van der Waals surface area contributed by atoms with Crippen molar-refractivity contribution in [1.82, 2.24) is 19.8 Å². The van der Waals surface area contributed by atoms with Gasteiger partial charge in [0.1, 0.15) is 11.9 Å². The van der Waals surface area contributed by atoms with E-state index in [1.54, 1.807) is 28.8 Å². The summed E-state index contributed by atoms with van der Waals surface area (Å²) >= 11 is 2.67. The molecule has 54 heavy (non-hydrogen) atoms. The zero-order chi connectivity index (χ0) is 36.8. The molecule has 0 spiro atoms. The lowest BCUT2D eigenvalue weighted by Crippen LogP contribution is -2.42. The third kappa shape index (κ3) is 9.61. The van der Waals surface area contributed by atoms with Crippen molar-refractivity contribution >= 4 is 51.3 Å². The fourth-order valence-corrected chi connectivity index (χ4v) is 8.57. The number of benzene rings is 2. The largest absolute Gasteiger partial charge is 0.506 e. The highest BCUT2D eigenvalue weighted by Crippen LogP contribution is 2.38. The smallest absolute Gasteiger partial charge is 0.349 e. The molecule has 1 atom stereocenters. The molecule has 1 amide bonds. The van der Waals surface area contributed by atoms with Crippen molar-refractivity contribution in [3.8, 4) is 5.75 Å². The minimum Gasteiger partial charge on any atom is -0.506 e. The van der Waals surface area contributed by atoms with Crippen LogP contribution < -0.4 is 16.3 Å². The van der Waals surface area contributed by atoms with Gasteiger partial charge in [0.25, 0.3) is 0 Å². The molecule has 0 unspecified atom stereocenters. The first-order chi connectivity index (χ1) is 25.0. The summed E-state index contributed by atoms with van der Waals surface area (Å²) in [4.78, 5) is 44.1. The number of H-pyrrole nitrogens is 1. The van der Waals surface area contributed by atoms with Crippen LogP contribution in [-0.2, 0) is 33.0 Å². The van der Waals surface area contributed by atoms with Crippen molar-refractivity contribution in [1.29, 1.82) is 0 Å². The van der Waals surface area contributed by atoms with Gasteiger partial charge in [-0.25, -0.2) is 9.59 Å². The quantitative estimate of drug-likeness (QED) is 0.0605. The number of nitrogens with one attached hydrogen (secondary N) is 3. The third-order valence-corrected chi connectivity index (χ3v) is 11.7. The molecule has 12 nitrogen and oxygen atoms in total. The lowest BCUT2D eigenvalue weighted by atomic mass is 9.91. The monoisotopic (exact) mass is 787 g/mol. The number of anilines is 1. The summed E-state index contributed by atoms with van der Waals surface area (Å²) in [6.45, 7) is 3.43. The maximum atomic E-state index is 13.4. The van der Waals surface area contributed by atoms with Crippen LogP contribution in [0.15, 0.2) is 76.2 Å². The first-order valence-electron chi connectivity index (χ1n) is 17.4. The summed E-state index contributed by atoms with van der Waals surface area (Å²) < 4.78 is 7.69. The number of halogens is 2. The molecule has 6 rings (SSSR count). The van der Waals surface area contributed by atoms with Gasteiger partial charge in [-0.3, -0.25) is 18.8 Å². The Balaban J connectivity index is 0.00000325. The molecule has 0 aliphatic heterocycles. The van der Waals surface area contributed by atoms with Crippen LogP contribution in [0.3, 0.4) is 0 Å². The molecule has 6 N–H and O–H groups in total. The van der Waals surface area contributed by atoms with Crippen LogP contribution in [0, 0.1) is 0 Å². The number of ether oxygens (including phenoxy) is 1. The van der Waals surface area contributed by atoms with E-state index >= 15 is 0 Å². The fraction of sp³-hybridized carbons (Fsp3) is 0.395. The maximum absolute atomic E-state index is 13.4. The molecule has 1 saturated carbocycles. The number of thiophene rings is 2. The predicted octanol–water partition coefficient (Wildman–Crippen LogP) is 5.36. The number of aryl methyl sites for hydroxylation is 1. The molecular formula is C38H47F2N5O7S2. The third-order valence-electron chi connectivity index (χ3n) is 9.71. The summed E-state index contributed by atoms with van der Waals surface area (Å²) in [5.41, 5.74) is 1.37. The average molecular weight is 788 g/mol. The van der Waals surface area contributed by atoms with Gasteiger partial charge in [0.05, 0.1) is 32.6 Å². The van der Waals surface area contributed by atoms with Gasteiger partial charge in [0, 0.05) is 32.6 Å². The van der Waals surface area contributed by atoms with Crippen LogP contribution in [0.25, 0.3) is 11.0 Å². The van der Waals surface area contributed by atoms with E-state index in [9.17, 15) is 29.7 Å². The number of aromatic nitrogens is 2. The summed E-state index contributed by atoms with van der Waals surface area (Å²) in [6.07, 6.45) is 2.87. The van der Waals surface area contributed by atoms with Crippen LogP contribution in [-0.4, -0.2) is 73.9 Å². The number of aliphatic hydroxyl groups excluding tert-OH is 1. The first kappa shape index (κ1) is 42.3. The Kier molecular flexibility index (Phi) is 14.7. The number of carbonyl (C=O) groups excluding carboxylic acids is 2. The number of imidazole rings is 1. The summed E-state index contributed by atoms with van der Waals surface area (Å²) in [5, 5.41) is 41.6. The van der Waals surface area contributed by atoms with Crippen molar-refractivity contribution < 1.29 is 39.1 Å². The summed E-state index contributed by atoms with van der Waals surface area (Å²) in [5.74, 6) is -1.01. The van der Waals surface area contributed by atoms with Crippen molar-refractivity contribution in [3.63, 3.8) is 0 Å². The van der Waals surface area contributed by atoms with E-state index in [1.807, 2.05) is 41.1 Å². The molecule has 0 bridgehead atoms. The number of phenols is 1. The van der Waals surface area contributed by atoms with E-state index in [0.29, 0.717) is 34.4 Å². The van der Waals surface area contributed by atoms with Crippen LogP contribution in [0.4, 0.5) is 15.1 Å². The SMILES string of the molecule is CC(=O)Nc1cc([C@@H](O)CNCc2ccc3c(c2)[nH]c(=O)n3CCCN(C)C2CCC(OC(=O)C(O)(c3cccs3)c3cccs3)CC2)ccc1O.F.F. The van der Waals surface area contributed by atoms with Crippen LogP contribution in [0.2, 0.25) is 0 Å². The number of fused-ring (bicyclic) bond motifs is 1. The highest BCUT2D eigenvalue weighted by atomic mass is 32.1. The molecule has 2 aromatic carbocycles. The Morgan fingerprint density at radius 3 is 2.35 bits per heavy atom. The van der Waals surface area contributed by atoms with E-state index < -0.39 is 17.7 Å². The minimum absolute atomic E-state index is 0. The second-order valence-electron chi connectivity index (χ2n) is 13.4. The zero-order valence-electron chi connectivity index (χ0n) is 30.0. The molecule has 1 fully saturated rings. The molecule has 1 aliphatic carbocycles. The molecule has 1 aliphatic rings. The molecule has 3 aromatic heterocycles. The van der Waals surface area contributed by atoms with Crippen molar-refractivity contribution in [2.45, 2.75) is 76.0 Å². The molecule has 16 heteroatoms. The lowest BCUT2D eigenvalue weighted by Gasteiger charge is -2.35. The number of phenolic OH excluding ortho intramolecular Hbond substituents is 1. The number of nitrogens with zero attached hydrogens (tertiary/aromatic N) is 2. The van der Waals surface area contributed by atoms with E-state index in [1.165, 1.54) is 35.7 Å². The molecule has 3 heterocycles. The first-order valence-corrected chi connectivity index (χ1v) is 19.2. The van der Waals surface area contributed by atoms with Crippen molar-refractivity contribution in [2.24, 2.45) is 0 Å². The van der Waals surface area contributed by atoms with Gasteiger partial charge < -0.3 is 40.6 Å². The molecule has 5 aromatic rings. The van der Waals surface area contributed by atoms with Crippen LogP contribution >= 0.6 is 22.7 Å². The van der Waals surface area contributed by atoms with Crippen LogP contribution in [0.1, 0.15) is 66.0 Å². The number of hydrogen-bond donors (Lipinski definition) is 6. The number of carbonyl (C=O) groups is 2. The summed E-state index contributed by atoms with van der Waals surface area (Å²) in [7, 11) is 2.10. The Morgan fingerprint density at radius 1 is 1.04 bits per heavy atom. The standard InChI is InChI=1S/C38H45N5O7S2.2FH/c1-24(44)40-30-21-26(9-15-32(30)45)33(46)23-39-22-25-8-14-31-29(20-25)41-37(48)43(31)17-5-16-42(2)27-10-12-28(13-11-27)50-36(47)38(49,34-6-3-18-51-34)35-7-4-19-52-35;;/h3-4,6-9,14-15,18-21,27-28,33,39,45-46,49H,5,10-13,16-17,22-23H2,1-2H3,(H,40,44)(H,41,48);2*1H/t27?,28?,33-;;/m0../s1. The number of amides is 1. The molecule has 292 valence electrons. The van der Waals surface area contributed by atoms with Gasteiger partial charge in [0.2, 0.25) is 11.5 Å². The summed E-state index contributed by atoms with van der Waals surface area (Å²) in [6, 6.07) is 17.9. The lowest BCUT2D eigenvalue weighted by molar-refractivity contribution is -0.169. The number of rotatable bonds is 15. The van der Waals surface area contributed by atoms with Crippen molar-refractivity contribution in [3.05, 3.63) is 103 Å². The van der Waals surface area contributed by atoms with Crippen molar-refractivity contribution in [2.75, 3.05) is 25.5 Å². The fourth-order valence-electron chi connectivity index (χ4n) is 6.86. The van der Waals surface area contributed by atoms with Gasteiger partial charge in [0.15, 0.2) is 0 Å². The second kappa shape index (κ2) is 18.7. The maximum Gasteiger partial charge on any atom is 0.349 e. The normalized spacial score (nSPS) is 16.4. The number of aliphatic hydroxyl groups is 2. The minimum atomic E-state index is -1.80. The van der Waals surface area contributed by atoms with E-state index in [2.05, 4.69) is 27.6 Å². The molecular weight excluding hydrogens is 741 g/mol. The van der Waals surface area contributed by atoms with Gasteiger partial charge >= 0.3 is 11.7 Å². The molecule has 0 radical (unpaired) electrons. The average Bonchev–Trinajstić information content (AvgIpc) is 3.92. The predicted molar refractivity (Wildman–Crippen MR) is 208 cm³/mol. The number of esters is 1. The van der Waals surface area contributed by atoms with Gasteiger partial charge in [-0.15, -0.1) is 22.7 Å². The second-order valence-corrected chi connectivity index (χ2v) is 15.3. The van der Waals surface area contributed by atoms with Crippen LogP contribution in [0.5, 0.6) is 5.75 Å². The number of aromatic amines is 1. The van der Waals surface area contributed by atoms with E-state index in [4.69, 9.17) is 4.74 Å². The number of aromatic hydroxyl groups is 1. The van der Waals surface area contributed by atoms with E-state index in [-0.39, 0.29) is 45.1 Å². The number of hydrogen-bond acceptors (Lipinski definition) is 11. The van der Waals surface area contributed by atoms with Gasteiger partial charge in [-0.2, -0.15) is 0 Å². The van der Waals surface area contributed by atoms with Gasteiger partial charge in [-0.1, -0.05) is 24.3 Å². The van der Waals surface area contributed by atoms with Gasteiger partial charge in [-0.05, 0) is 104 Å². The molecule has 0 saturated heterocycles. The Morgan fingerprint density at radius 2 is 1.72 bits per heavy atom.